The predicted octanol–water partition coefficient (Wildman–Crippen LogP) is 0.587. The van der Waals surface area contributed by atoms with Crippen LogP contribution in [0.1, 0.15) is 0 Å². The minimum Gasteiger partial charge on any atom is -0.506 e. The van der Waals surface area contributed by atoms with Crippen LogP contribution in [-0.4, -0.2) is 10.1 Å². The van der Waals surface area contributed by atoms with Crippen molar-refractivity contribution in [3.05, 3.63) is 24.5 Å². The SMILES string of the molecule is Oc1[c]nccc1. The summed E-state index contributed by atoms with van der Waals surface area (Å²) in [5.74, 6) is 0.0856. The van der Waals surface area contributed by atoms with Crippen molar-refractivity contribution in [2.45, 2.75) is 0 Å². The molecule has 1 radical (unpaired) electrons. The Balaban J connectivity index is 3.02. The van der Waals surface area contributed by atoms with E-state index in [4.69, 9.17) is 5.11 Å². The molecule has 0 aromatic carbocycles. The van der Waals surface area contributed by atoms with E-state index in [2.05, 4.69) is 11.2 Å². The molecule has 1 heterocycles. The third-order valence-electron chi connectivity index (χ3n) is 0.594. The molecule has 1 N–H and O–H groups in total. The summed E-state index contributed by atoms with van der Waals surface area (Å²) < 4.78 is 0. The summed E-state index contributed by atoms with van der Waals surface area (Å²) in [7, 11) is 0. The van der Waals surface area contributed by atoms with Crippen LogP contribution in [0, 0.1) is 6.20 Å². The Morgan fingerprint density at radius 1 is 1.71 bits per heavy atom. The van der Waals surface area contributed by atoms with Crippen LogP contribution in [0.4, 0.5) is 0 Å². The first kappa shape index (κ1) is 4.12. The molecule has 0 amide bonds. The van der Waals surface area contributed by atoms with Gasteiger partial charge >= 0.3 is 0 Å². The monoisotopic (exact) mass is 94.0 g/mol. The van der Waals surface area contributed by atoms with Crippen molar-refractivity contribution in [1.82, 2.24) is 4.98 Å². The van der Waals surface area contributed by atoms with Gasteiger partial charge in [0.2, 0.25) is 0 Å². The van der Waals surface area contributed by atoms with Crippen LogP contribution in [0.25, 0.3) is 0 Å². The minimum absolute atomic E-state index is 0.0856. The molecule has 0 aliphatic heterocycles. The zero-order chi connectivity index (χ0) is 5.11. The number of nitrogens with zero attached hydrogens (tertiary/aromatic N) is 1. The fourth-order valence-electron chi connectivity index (χ4n) is 0.318. The van der Waals surface area contributed by atoms with E-state index in [-0.39, 0.29) is 5.75 Å². The second-order valence-electron chi connectivity index (χ2n) is 1.13. The summed E-state index contributed by atoms with van der Waals surface area (Å²) >= 11 is 0. The zero-order valence-electron chi connectivity index (χ0n) is 3.63. The zero-order valence-corrected chi connectivity index (χ0v) is 3.63. The van der Waals surface area contributed by atoms with Gasteiger partial charge in [-0.2, -0.15) is 0 Å². The summed E-state index contributed by atoms with van der Waals surface area (Å²) in [6.07, 6.45) is 3.89. The third kappa shape index (κ3) is 0.892. The molecule has 0 unspecified atom stereocenters. The number of aromatic hydroxyl groups is 1. The summed E-state index contributed by atoms with van der Waals surface area (Å²) in [6.45, 7) is 0. The van der Waals surface area contributed by atoms with Crippen molar-refractivity contribution < 1.29 is 5.11 Å². The molecule has 0 saturated carbocycles. The van der Waals surface area contributed by atoms with Gasteiger partial charge in [-0.1, -0.05) is 0 Å². The molecule has 1 rings (SSSR count). The lowest BCUT2D eigenvalue weighted by atomic mass is 10.5. The van der Waals surface area contributed by atoms with Crippen molar-refractivity contribution >= 4 is 0 Å². The van der Waals surface area contributed by atoms with Gasteiger partial charge in [-0.3, -0.25) is 4.98 Å². The summed E-state index contributed by atoms with van der Waals surface area (Å²) in [5, 5.41) is 8.51. The molecule has 2 nitrogen and oxygen atoms in total. The van der Waals surface area contributed by atoms with Crippen molar-refractivity contribution in [1.29, 1.82) is 0 Å². The van der Waals surface area contributed by atoms with Crippen LogP contribution >= 0.6 is 0 Å². The Bertz CT molecular complexity index is 138. The minimum atomic E-state index is 0.0856. The molecule has 1 aromatic heterocycles. The average Bonchev–Trinajstić information content (AvgIpc) is 1.69. The van der Waals surface area contributed by atoms with E-state index in [1.807, 2.05) is 0 Å². The second kappa shape index (κ2) is 1.60. The van der Waals surface area contributed by atoms with Crippen LogP contribution in [0.15, 0.2) is 18.3 Å². The van der Waals surface area contributed by atoms with Gasteiger partial charge in [0.25, 0.3) is 0 Å². The Morgan fingerprint density at radius 2 is 2.57 bits per heavy atom. The molecular formula is C5H4NO. The lowest BCUT2D eigenvalue weighted by Gasteiger charge is -1.80. The predicted molar refractivity (Wildman–Crippen MR) is 24.7 cm³/mol. The van der Waals surface area contributed by atoms with Crippen LogP contribution < -0.4 is 0 Å². The summed E-state index contributed by atoms with van der Waals surface area (Å²) in [6, 6.07) is 3.17. The first-order chi connectivity index (χ1) is 3.39. The molecule has 7 heavy (non-hydrogen) atoms. The van der Waals surface area contributed by atoms with E-state index in [0.29, 0.717) is 0 Å². The Morgan fingerprint density at radius 3 is 2.86 bits per heavy atom. The van der Waals surface area contributed by atoms with Crippen LogP contribution in [-0.2, 0) is 0 Å². The Labute approximate surface area is 41.4 Å². The van der Waals surface area contributed by atoms with Gasteiger partial charge in [0.05, 0.1) is 0 Å². The van der Waals surface area contributed by atoms with Gasteiger partial charge in [0.15, 0.2) is 0 Å². The molecule has 1 aromatic rings. The first-order valence-electron chi connectivity index (χ1n) is 1.91. The number of pyridine rings is 1. The standard InChI is InChI=1S/C5H4NO/c7-5-2-1-3-6-4-5/h1-3,7H. The maximum absolute atomic E-state index is 8.51. The molecular weight excluding hydrogens is 90.1 g/mol. The summed E-state index contributed by atoms with van der Waals surface area (Å²) in [5.41, 5.74) is 0. The van der Waals surface area contributed by atoms with Crippen LogP contribution in [0.3, 0.4) is 0 Å². The normalized spacial score (nSPS) is 8.57. The highest BCUT2D eigenvalue weighted by Crippen LogP contribution is 1.98. The molecule has 0 aliphatic carbocycles. The van der Waals surface area contributed by atoms with Gasteiger partial charge < -0.3 is 5.11 Å². The van der Waals surface area contributed by atoms with Crippen molar-refractivity contribution in [3.63, 3.8) is 0 Å². The number of aromatic nitrogens is 1. The van der Waals surface area contributed by atoms with E-state index in [0.717, 1.165) is 0 Å². The van der Waals surface area contributed by atoms with Crippen molar-refractivity contribution in [3.8, 4) is 5.75 Å². The molecule has 0 spiro atoms. The van der Waals surface area contributed by atoms with Crippen LogP contribution in [0.2, 0.25) is 0 Å². The van der Waals surface area contributed by atoms with E-state index < -0.39 is 0 Å². The highest BCUT2D eigenvalue weighted by molar-refractivity contribution is 5.10. The number of hydrogen-bond acceptors (Lipinski definition) is 2. The maximum atomic E-state index is 8.51. The van der Waals surface area contributed by atoms with Gasteiger partial charge in [0, 0.05) is 6.20 Å². The molecule has 35 valence electrons. The molecule has 0 atom stereocenters. The van der Waals surface area contributed by atoms with Gasteiger partial charge in [0.1, 0.15) is 11.9 Å². The number of hydrogen-bond donors (Lipinski definition) is 1. The van der Waals surface area contributed by atoms with E-state index >= 15 is 0 Å². The largest absolute Gasteiger partial charge is 0.506 e. The molecule has 2 heteroatoms. The van der Waals surface area contributed by atoms with E-state index in [1.165, 1.54) is 6.07 Å². The molecule has 0 aliphatic rings. The smallest absolute Gasteiger partial charge is 0.143 e. The van der Waals surface area contributed by atoms with Gasteiger partial charge in [-0.25, -0.2) is 0 Å². The van der Waals surface area contributed by atoms with Crippen molar-refractivity contribution in [2.24, 2.45) is 0 Å². The topological polar surface area (TPSA) is 33.1 Å². The van der Waals surface area contributed by atoms with E-state index in [9.17, 15) is 0 Å². The third-order valence-corrected chi connectivity index (χ3v) is 0.594. The maximum Gasteiger partial charge on any atom is 0.143 e. The van der Waals surface area contributed by atoms with Crippen LogP contribution in [0.5, 0.6) is 5.75 Å². The van der Waals surface area contributed by atoms with Gasteiger partial charge in [-0.15, -0.1) is 0 Å². The molecule has 0 bridgehead atoms. The van der Waals surface area contributed by atoms with Crippen molar-refractivity contribution in [2.75, 3.05) is 0 Å². The Hall–Kier alpha value is -1.05. The fourth-order valence-corrected chi connectivity index (χ4v) is 0.318. The first-order valence-corrected chi connectivity index (χ1v) is 1.91. The Kier molecular flexibility index (Phi) is 0.941. The second-order valence-corrected chi connectivity index (χ2v) is 1.13. The molecule has 0 fully saturated rings. The lowest BCUT2D eigenvalue weighted by Crippen LogP contribution is -1.65. The highest BCUT2D eigenvalue weighted by atomic mass is 16.3. The average molecular weight is 94.1 g/mol. The van der Waals surface area contributed by atoms with Gasteiger partial charge in [-0.05, 0) is 12.1 Å². The van der Waals surface area contributed by atoms with E-state index in [1.54, 1.807) is 12.3 Å². The highest BCUT2D eigenvalue weighted by Gasteiger charge is 1.77. The number of rotatable bonds is 0. The molecule has 0 saturated heterocycles. The fraction of sp³-hybridized carbons (Fsp3) is 0. The summed E-state index contributed by atoms with van der Waals surface area (Å²) in [4.78, 5) is 3.51. The quantitative estimate of drug-likeness (QED) is 0.510. The lowest BCUT2D eigenvalue weighted by molar-refractivity contribution is 0.471.